The number of aromatic amines is 1. The number of H-pyrrole nitrogens is 1. The smallest absolute Gasteiger partial charge is 0.307 e. The van der Waals surface area contributed by atoms with Gasteiger partial charge < -0.3 is 15.0 Å². The molecule has 3 rings (SSSR count). The fraction of sp³-hybridized carbons (Fsp3) is 0.227. The Morgan fingerprint density at radius 3 is 2.57 bits per heavy atom. The molecule has 2 aromatic carbocycles. The number of aromatic nitrogens is 2. The van der Waals surface area contributed by atoms with Gasteiger partial charge in [-0.25, -0.2) is 4.98 Å². The van der Waals surface area contributed by atoms with Gasteiger partial charge in [-0.15, -0.1) is 0 Å². The molecule has 154 valence electrons. The molecule has 0 saturated heterocycles. The molecule has 1 atom stereocenters. The second-order valence-corrected chi connectivity index (χ2v) is 6.75. The maximum Gasteiger partial charge on any atom is 0.307 e. The first-order valence-corrected chi connectivity index (χ1v) is 9.43. The van der Waals surface area contributed by atoms with E-state index in [2.05, 4.69) is 15.3 Å². The standard InChI is InChI=1S/C22H21N3O5/c1-13(26)15-7-3-5-9-17(15)24-21(28)14(2)30-20(27)12-11-19-23-18-10-6-4-8-16(18)22(29)25-19/h3-10,14H,11-12H2,1-2H3,(H,24,28)(H,23,25,29)/t14-/m0/s1. The first-order valence-electron chi connectivity index (χ1n) is 9.43. The Morgan fingerprint density at radius 2 is 1.80 bits per heavy atom. The van der Waals surface area contributed by atoms with Crippen LogP contribution in [0.5, 0.6) is 0 Å². The Labute approximate surface area is 172 Å². The van der Waals surface area contributed by atoms with Crippen LogP contribution in [0.4, 0.5) is 5.69 Å². The zero-order valence-corrected chi connectivity index (χ0v) is 16.6. The number of para-hydroxylation sites is 2. The third-order valence-corrected chi connectivity index (χ3v) is 4.47. The summed E-state index contributed by atoms with van der Waals surface area (Å²) in [7, 11) is 0. The van der Waals surface area contributed by atoms with Gasteiger partial charge in [0.05, 0.1) is 23.0 Å². The largest absolute Gasteiger partial charge is 0.453 e. The molecule has 0 aliphatic heterocycles. The van der Waals surface area contributed by atoms with Crippen LogP contribution in [-0.2, 0) is 20.7 Å². The van der Waals surface area contributed by atoms with Gasteiger partial charge in [0.15, 0.2) is 11.9 Å². The lowest BCUT2D eigenvalue weighted by molar-refractivity contribution is -0.153. The van der Waals surface area contributed by atoms with Gasteiger partial charge in [-0.1, -0.05) is 24.3 Å². The Morgan fingerprint density at radius 1 is 1.10 bits per heavy atom. The van der Waals surface area contributed by atoms with Crippen LogP contribution in [0.3, 0.4) is 0 Å². The SMILES string of the molecule is CC(=O)c1ccccc1NC(=O)[C@H](C)OC(=O)CCc1nc2ccccc2c(=O)[nH]1. The molecular formula is C22H21N3O5. The average Bonchev–Trinajstić information content (AvgIpc) is 2.72. The van der Waals surface area contributed by atoms with Crippen molar-refractivity contribution in [3.05, 3.63) is 70.3 Å². The summed E-state index contributed by atoms with van der Waals surface area (Å²) in [5.74, 6) is -0.974. The van der Waals surface area contributed by atoms with E-state index in [0.29, 0.717) is 28.0 Å². The van der Waals surface area contributed by atoms with Gasteiger partial charge in [-0.05, 0) is 38.1 Å². The number of esters is 1. The van der Waals surface area contributed by atoms with Crippen molar-refractivity contribution in [1.29, 1.82) is 0 Å². The fourth-order valence-corrected chi connectivity index (χ4v) is 2.92. The van der Waals surface area contributed by atoms with Gasteiger partial charge in [-0.2, -0.15) is 0 Å². The molecule has 2 N–H and O–H groups in total. The molecule has 1 heterocycles. The van der Waals surface area contributed by atoms with Crippen molar-refractivity contribution in [3.63, 3.8) is 0 Å². The van der Waals surface area contributed by atoms with Crippen LogP contribution < -0.4 is 10.9 Å². The summed E-state index contributed by atoms with van der Waals surface area (Å²) >= 11 is 0. The van der Waals surface area contributed by atoms with E-state index in [9.17, 15) is 19.2 Å². The molecule has 0 aliphatic rings. The monoisotopic (exact) mass is 407 g/mol. The second-order valence-electron chi connectivity index (χ2n) is 6.75. The van der Waals surface area contributed by atoms with Gasteiger partial charge in [-0.3, -0.25) is 19.2 Å². The number of anilines is 1. The van der Waals surface area contributed by atoms with E-state index in [0.717, 1.165) is 0 Å². The third-order valence-electron chi connectivity index (χ3n) is 4.47. The number of hydrogen-bond acceptors (Lipinski definition) is 6. The summed E-state index contributed by atoms with van der Waals surface area (Å²) in [5.41, 5.74) is 0.994. The highest BCUT2D eigenvalue weighted by atomic mass is 16.5. The number of hydrogen-bond donors (Lipinski definition) is 2. The van der Waals surface area contributed by atoms with Gasteiger partial charge in [0, 0.05) is 12.0 Å². The number of nitrogens with zero attached hydrogens (tertiary/aromatic N) is 1. The topological polar surface area (TPSA) is 118 Å². The predicted octanol–water partition coefficient (Wildman–Crippen LogP) is 2.63. The van der Waals surface area contributed by atoms with Gasteiger partial charge in [0.25, 0.3) is 11.5 Å². The normalized spacial score (nSPS) is 11.7. The molecule has 0 spiro atoms. The second kappa shape index (κ2) is 9.13. The number of fused-ring (bicyclic) bond motifs is 1. The minimum absolute atomic E-state index is 0.0526. The molecule has 0 bridgehead atoms. The highest BCUT2D eigenvalue weighted by Gasteiger charge is 2.20. The van der Waals surface area contributed by atoms with Crippen molar-refractivity contribution in [3.8, 4) is 0 Å². The van der Waals surface area contributed by atoms with Crippen LogP contribution in [0.2, 0.25) is 0 Å². The lowest BCUT2D eigenvalue weighted by Gasteiger charge is -2.15. The predicted molar refractivity (Wildman–Crippen MR) is 111 cm³/mol. The fourth-order valence-electron chi connectivity index (χ4n) is 2.92. The minimum Gasteiger partial charge on any atom is -0.453 e. The van der Waals surface area contributed by atoms with Crippen molar-refractivity contribution in [1.82, 2.24) is 9.97 Å². The Balaban J connectivity index is 1.58. The number of carbonyl (C=O) groups is 3. The highest BCUT2D eigenvalue weighted by molar-refractivity contribution is 6.04. The van der Waals surface area contributed by atoms with Crippen molar-refractivity contribution < 1.29 is 19.1 Å². The van der Waals surface area contributed by atoms with E-state index in [4.69, 9.17) is 4.74 Å². The first kappa shape index (κ1) is 20.9. The number of ketones is 1. The number of Topliss-reactive ketones (excluding diaryl/α,β-unsaturated/α-hetero) is 1. The van der Waals surface area contributed by atoms with Gasteiger partial charge >= 0.3 is 5.97 Å². The van der Waals surface area contributed by atoms with Crippen LogP contribution in [0, 0.1) is 0 Å². The van der Waals surface area contributed by atoms with Crippen LogP contribution in [0.25, 0.3) is 10.9 Å². The van der Waals surface area contributed by atoms with E-state index in [1.165, 1.54) is 13.8 Å². The zero-order chi connectivity index (χ0) is 21.7. The van der Waals surface area contributed by atoms with Crippen LogP contribution in [-0.4, -0.2) is 33.7 Å². The van der Waals surface area contributed by atoms with Crippen LogP contribution in [0.1, 0.15) is 36.5 Å². The summed E-state index contributed by atoms with van der Waals surface area (Å²) in [6, 6.07) is 13.5. The molecule has 0 aliphatic carbocycles. The van der Waals surface area contributed by atoms with E-state index < -0.39 is 18.0 Å². The first-order chi connectivity index (χ1) is 14.3. The Kier molecular flexibility index (Phi) is 6.36. The maximum absolute atomic E-state index is 12.3. The lowest BCUT2D eigenvalue weighted by atomic mass is 10.1. The molecule has 8 heteroatoms. The van der Waals surface area contributed by atoms with Gasteiger partial charge in [0.1, 0.15) is 5.82 Å². The number of aryl methyl sites for hydroxylation is 1. The molecular weight excluding hydrogens is 386 g/mol. The quantitative estimate of drug-likeness (QED) is 0.459. The van der Waals surface area contributed by atoms with Crippen molar-refractivity contribution in [2.45, 2.75) is 32.8 Å². The Hall–Kier alpha value is -3.81. The number of benzene rings is 2. The third kappa shape index (κ3) is 4.96. The van der Waals surface area contributed by atoms with Crippen molar-refractivity contribution in [2.75, 3.05) is 5.32 Å². The van der Waals surface area contributed by atoms with Gasteiger partial charge in [0.2, 0.25) is 0 Å². The molecule has 0 saturated carbocycles. The summed E-state index contributed by atoms with van der Waals surface area (Å²) in [5, 5.41) is 3.07. The minimum atomic E-state index is -1.05. The Bertz CT molecular complexity index is 1170. The number of ether oxygens (including phenoxy) is 1. The number of amides is 1. The molecule has 0 fully saturated rings. The molecule has 1 amide bonds. The zero-order valence-electron chi connectivity index (χ0n) is 16.6. The summed E-state index contributed by atoms with van der Waals surface area (Å²) in [6.45, 7) is 2.85. The molecule has 3 aromatic rings. The summed E-state index contributed by atoms with van der Waals surface area (Å²) in [6.07, 6.45) is -0.940. The van der Waals surface area contributed by atoms with E-state index in [1.807, 2.05) is 0 Å². The number of rotatable bonds is 7. The van der Waals surface area contributed by atoms with Crippen molar-refractivity contribution in [2.24, 2.45) is 0 Å². The van der Waals surface area contributed by atoms with Crippen LogP contribution in [0.15, 0.2) is 53.3 Å². The van der Waals surface area contributed by atoms with Crippen molar-refractivity contribution >= 4 is 34.3 Å². The van der Waals surface area contributed by atoms with E-state index in [1.54, 1.807) is 48.5 Å². The van der Waals surface area contributed by atoms with E-state index in [-0.39, 0.29) is 24.2 Å². The summed E-state index contributed by atoms with van der Waals surface area (Å²) in [4.78, 5) is 55.2. The summed E-state index contributed by atoms with van der Waals surface area (Å²) < 4.78 is 5.17. The average molecular weight is 407 g/mol. The molecule has 30 heavy (non-hydrogen) atoms. The van der Waals surface area contributed by atoms with Crippen LogP contribution >= 0.6 is 0 Å². The highest BCUT2D eigenvalue weighted by Crippen LogP contribution is 2.16. The molecule has 0 radical (unpaired) electrons. The number of carbonyl (C=O) groups excluding carboxylic acids is 3. The lowest BCUT2D eigenvalue weighted by Crippen LogP contribution is -2.30. The van der Waals surface area contributed by atoms with E-state index >= 15 is 0 Å². The number of nitrogens with one attached hydrogen (secondary N) is 2. The maximum atomic E-state index is 12.3. The molecule has 8 nitrogen and oxygen atoms in total. The molecule has 0 unspecified atom stereocenters. The molecule has 1 aromatic heterocycles.